The van der Waals surface area contributed by atoms with Crippen molar-refractivity contribution in [2.24, 2.45) is 0 Å². The normalized spacial score (nSPS) is 19.3. The number of aromatic carboxylic acids is 1. The minimum absolute atomic E-state index is 0.0521. The van der Waals surface area contributed by atoms with Crippen molar-refractivity contribution in [3.8, 4) is 0 Å². The molecule has 1 atom stereocenters. The maximum atomic E-state index is 13.4. The molecule has 1 aliphatic heterocycles. The van der Waals surface area contributed by atoms with Crippen LogP contribution < -0.4 is 5.32 Å². The van der Waals surface area contributed by atoms with E-state index in [9.17, 15) is 13.6 Å². The van der Waals surface area contributed by atoms with Gasteiger partial charge in [0.2, 0.25) is 0 Å². The first-order valence-electron chi connectivity index (χ1n) is 5.14. The molecule has 2 N–H and O–H groups in total. The van der Waals surface area contributed by atoms with Crippen LogP contribution in [0.1, 0.15) is 16.8 Å². The summed E-state index contributed by atoms with van der Waals surface area (Å²) in [7, 11) is 0. The quantitative estimate of drug-likeness (QED) is 0.876. The molecule has 0 aromatic heterocycles. The van der Waals surface area contributed by atoms with Gasteiger partial charge in [-0.15, -0.1) is 0 Å². The number of rotatable bonds is 3. The molecule has 1 aliphatic rings. The van der Waals surface area contributed by atoms with Crippen molar-refractivity contribution in [2.45, 2.75) is 12.5 Å². The van der Waals surface area contributed by atoms with E-state index in [0.29, 0.717) is 6.07 Å². The zero-order chi connectivity index (χ0) is 12.4. The van der Waals surface area contributed by atoms with Crippen molar-refractivity contribution >= 4 is 23.4 Å². The Morgan fingerprint density at radius 1 is 1.41 bits per heavy atom. The maximum absolute atomic E-state index is 13.4. The number of hydrogen-bond donors (Lipinski definition) is 2. The molecular formula is C11H11F2NO2S. The van der Waals surface area contributed by atoms with Gasteiger partial charge in [-0.1, -0.05) is 0 Å². The molecule has 1 saturated heterocycles. The fraction of sp³-hybridized carbons (Fsp3) is 0.364. The summed E-state index contributed by atoms with van der Waals surface area (Å²) in [6.07, 6.45) is 0.893. The van der Waals surface area contributed by atoms with Crippen LogP contribution in [0, 0.1) is 11.6 Å². The first-order valence-corrected chi connectivity index (χ1v) is 6.30. The molecule has 0 spiro atoms. The summed E-state index contributed by atoms with van der Waals surface area (Å²) in [6, 6.07) is 1.73. The van der Waals surface area contributed by atoms with Gasteiger partial charge in [-0.25, -0.2) is 13.6 Å². The fourth-order valence-corrected chi connectivity index (χ4v) is 2.84. The van der Waals surface area contributed by atoms with E-state index in [2.05, 4.69) is 5.32 Å². The standard InChI is InChI=1S/C11H11F2NO2S/c12-8-4-9(13)10(3-7(8)11(15)16)14-6-1-2-17-5-6/h3-4,6,14H,1-2,5H2,(H,15,16). The highest BCUT2D eigenvalue weighted by Gasteiger charge is 2.19. The molecule has 92 valence electrons. The number of carboxylic acids is 1. The van der Waals surface area contributed by atoms with Gasteiger partial charge in [0.15, 0.2) is 0 Å². The highest BCUT2D eigenvalue weighted by Crippen LogP contribution is 2.25. The Bertz CT molecular complexity index is 447. The van der Waals surface area contributed by atoms with E-state index < -0.39 is 23.2 Å². The van der Waals surface area contributed by atoms with Crippen LogP contribution in [0.2, 0.25) is 0 Å². The monoisotopic (exact) mass is 259 g/mol. The molecule has 1 heterocycles. The zero-order valence-electron chi connectivity index (χ0n) is 8.87. The van der Waals surface area contributed by atoms with Crippen molar-refractivity contribution < 1.29 is 18.7 Å². The smallest absolute Gasteiger partial charge is 0.338 e. The van der Waals surface area contributed by atoms with Gasteiger partial charge < -0.3 is 10.4 Å². The molecule has 6 heteroatoms. The molecule has 2 rings (SSSR count). The molecule has 0 saturated carbocycles. The topological polar surface area (TPSA) is 49.3 Å². The maximum Gasteiger partial charge on any atom is 0.338 e. The number of hydrogen-bond acceptors (Lipinski definition) is 3. The summed E-state index contributed by atoms with van der Waals surface area (Å²) in [5.41, 5.74) is -0.462. The van der Waals surface area contributed by atoms with Crippen molar-refractivity contribution in [1.82, 2.24) is 0 Å². The van der Waals surface area contributed by atoms with Crippen LogP contribution >= 0.6 is 11.8 Å². The van der Waals surface area contributed by atoms with E-state index in [1.807, 2.05) is 0 Å². The van der Waals surface area contributed by atoms with E-state index >= 15 is 0 Å². The number of anilines is 1. The number of benzene rings is 1. The van der Waals surface area contributed by atoms with Gasteiger partial charge in [0.05, 0.1) is 11.3 Å². The second-order valence-corrected chi connectivity index (χ2v) is 4.97. The van der Waals surface area contributed by atoms with Crippen molar-refractivity contribution in [3.63, 3.8) is 0 Å². The predicted octanol–water partition coefficient (Wildman–Crippen LogP) is 2.58. The highest BCUT2D eigenvalue weighted by molar-refractivity contribution is 7.99. The van der Waals surface area contributed by atoms with Gasteiger partial charge in [-0.3, -0.25) is 0 Å². The number of carboxylic acid groups (broad SMARTS) is 1. The Morgan fingerprint density at radius 2 is 2.18 bits per heavy atom. The third-order valence-electron chi connectivity index (χ3n) is 2.58. The summed E-state index contributed by atoms with van der Waals surface area (Å²) in [5.74, 6) is -1.37. The van der Waals surface area contributed by atoms with E-state index in [4.69, 9.17) is 5.11 Å². The Hall–Kier alpha value is -1.30. The minimum Gasteiger partial charge on any atom is -0.478 e. The van der Waals surface area contributed by atoms with Crippen LogP contribution in [0.25, 0.3) is 0 Å². The van der Waals surface area contributed by atoms with Gasteiger partial charge in [-0.2, -0.15) is 11.8 Å². The van der Waals surface area contributed by atoms with Crippen molar-refractivity contribution in [3.05, 3.63) is 29.3 Å². The van der Waals surface area contributed by atoms with Gasteiger partial charge in [-0.05, 0) is 18.2 Å². The summed E-state index contributed by atoms with van der Waals surface area (Å²) < 4.78 is 26.6. The van der Waals surface area contributed by atoms with E-state index in [1.165, 1.54) is 0 Å². The average molecular weight is 259 g/mol. The van der Waals surface area contributed by atoms with Crippen LogP contribution in [0.4, 0.5) is 14.5 Å². The first-order chi connectivity index (χ1) is 8.08. The van der Waals surface area contributed by atoms with Gasteiger partial charge in [0.25, 0.3) is 0 Å². The first kappa shape index (κ1) is 12.2. The lowest BCUT2D eigenvalue weighted by Crippen LogP contribution is -2.19. The van der Waals surface area contributed by atoms with Crippen LogP contribution in [0.5, 0.6) is 0 Å². The second kappa shape index (κ2) is 4.91. The third kappa shape index (κ3) is 2.69. The Balaban J connectivity index is 2.26. The van der Waals surface area contributed by atoms with Crippen LogP contribution in [-0.2, 0) is 0 Å². The van der Waals surface area contributed by atoms with Crippen molar-refractivity contribution in [2.75, 3.05) is 16.8 Å². The van der Waals surface area contributed by atoms with Gasteiger partial charge in [0.1, 0.15) is 11.6 Å². The van der Waals surface area contributed by atoms with E-state index in [1.54, 1.807) is 11.8 Å². The van der Waals surface area contributed by atoms with E-state index in [-0.39, 0.29) is 11.7 Å². The summed E-state index contributed by atoms with van der Waals surface area (Å²) in [6.45, 7) is 0. The summed E-state index contributed by atoms with van der Waals surface area (Å²) in [4.78, 5) is 10.7. The Labute approximate surface area is 101 Å². The van der Waals surface area contributed by atoms with Crippen LogP contribution in [-0.4, -0.2) is 28.6 Å². The molecule has 1 unspecified atom stereocenters. The average Bonchev–Trinajstić information content (AvgIpc) is 2.74. The summed E-state index contributed by atoms with van der Waals surface area (Å²) in [5, 5.41) is 11.7. The minimum atomic E-state index is -1.40. The van der Waals surface area contributed by atoms with Gasteiger partial charge >= 0.3 is 5.97 Å². The van der Waals surface area contributed by atoms with Crippen LogP contribution in [0.3, 0.4) is 0 Å². The number of carbonyl (C=O) groups is 1. The number of nitrogens with one attached hydrogen (secondary N) is 1. The predicted molar refractivity (Wildman–Crippen MR) is 62.7 cm³/mol. The lowest BCUT2D eigenvalue weighted by atomic mass is 10.1. The highest BCUT2D eigenvalue weighted by atomic mass is 32.2. The lowest BCUT2D eigenvalue weighted by molar-refractivity contribution is 0.0692. The van der Waals surface area contributed by atoms with Gasteiger partial charge in [0, 0.05) is 17.9 Å². The number of halogens is 2. The molecule has 0 amide bonds. The largest absolute Gasteiger partial charge is 0.478 e. The molecule has 0 radical (unpaired) electrons. The number of thioether (sulfide) groups is 1. The molecule has 1 aromatic carbocycles. The van der Waals surface area contributed by atoms with Crippen molar-refractivity contribution in [1.29, 1.82) is 0 Å². The molecular weight excluding hydrogens is 248 g/mol. The molecule has 1 aromatic rings. The zero-order valence-corrected chi connectivity index (χ0v) is 9.69. The third-order valence-corrected chi connectivity index (χ3v) is 3.74. The SMILES string of the molecule is O=C(O)c1cc(NC2CCSC2)c(F)cc1F. The molecule has 1 fully saturated rings. The Kier molecular flexibility index (Phi) is 3.51. The molecule has 0 aliphatic carbocycles. The Morgan fingerprint density at radius 3 is 2.76 bits per heavy atom. The summed E-state index contributed by atoms with van der Waals surface area (Å²) >= 11 is 1.75. The fourth-order valence-electron chi connectivity index (χ4n) is 1.69. The van der Waals surface area contributed by atoms with Crippen LogP contribution in [0.15, 0.2) is 12.1 Å². The lowest BCUT2D eigenvalue weighted by Gasteiger charge is -2.14. The molecule has 0 bridgehead atoms. The second-order valence-electron chi connectivity index (χ2n) is 3.82. The molecule has 17 heavy (non-hydrogen) atoms. The van der Waals surface area contributed by atoms with E-state index in [0.717, 1.165) is 24.0 Å². The molecule has 3 nitrogen and oxygen atoms in total.